The molecular weight excluding hydrogens is 478 g/mol. The Kier molecular flexibility index (Phi) is 10.2. The Hall–Kier alpha value is -4.16. The molecule has 0 saturated heterocycles. The Balaban J connectivity index is 2.39. The molecule has 0 bridgehead atoms. The Labute approximate surface area is 207 Å². The van der Waals surface area contributed by atoms with Crippen LogP contribution in [0.2, 0.25) is 0 Å². The molecule has 0 fully saturated rings. The van der Waals surface area contributed by atoms with Gasteiger partial charge in [0.25, 0.3) is 0 Å². The molecule has 1 N–H and O–H groups in total. The van der Waals surface area contributed by atoms with Gasteiger partial charge in [-0.2, -0.15) is 5.01 Å². The first-order valence-electron chi connectivity index (χ1n) is 11.0. The summed E-state index contributed by atoms with van der Waals surface area (Å²) in [6, 6.07) is 9.11. The number of hydrazone groups is 1. The fraction of sp³-hybridized carbons (Fsp3) is 0.478. The fourth-order valence-electron chi connectivity index (χ4n) is 3.29. The van der Waals surface area contributed by atoms with Crippen molar-refractivity contribution in [2.24, 2.45) is 5.10 Å². The number of rotatable bonds is 11. The lowest BCUT2D eigenvalue weighted by atomic mass is 10.1. The van der Waals surface area contributed by atoms with Crippen molar-refractivity contribution < 1.29 is 47.7 Å². The van der Waals surface area contributed by atoms with E-state index in [1.807, 2.05) is 30.3 Å². The number of para-hydroxylation sites is 1. The van der Waals surface area contributed by atoms with Crippen LogP contribution in [0.25, 0.3) is 0 Å². The van der Waals surface area contributed by atoms with Crippen LogP contribution >= 0.6 is 0 Å². The number of hydrogen-bond acceptors (Lipinski definition) is 12. The smallest absolute Gasteiger partial charge is 0.303 e. The molecule has 13 nitrogen and oxygen atoms in total. The second-order valence-electron chi connectivity index (χ2n) is 7.68. The van der Waals surface area contributed by atoms with Crippen molar-refractivity contribution in [1.82, 2.24) is 5.01 Å². The number of ether oxygens (including phenoxy) is 5. The number of nitrogens with one attached hydrogen (secondary N) is 1. The minimum atomic E-state index is -1.53. The molecule has 2 rings (SSSR count). The van der Waals surface area contributed by atoms with Gasteiger partial charge in [0.2, 0.25) is 18.0 Å². The largest absolute Gasteiger partial charge is 0.462 e. The van der Waals surface area contributed by atoms with Crippen LogP contribution in [-0.2, 0) is 47.7 Å². The fourth-order valence-corrected chi connectivity index (χ4v) is 3.29. The van der Waals surface area contributed by atoms with E-state index >= 15 is 0 Å². The number of carbonyl (C=O) groups is 5. The van der Waals surface area contributed by atoms with Gasteiger partial charge in [0, 0.05) is 40.3 Å². The van der Waals surface area contributed by atoms with Crippen molar-refractivity contribution >= 4 is 41.4 Å². The van der Waals surface area contributed by atoms with Gasteiger partial charge in [-0.25, -0.2) is 0 Å². The van der Waals surface area contributed by atoms with Gasteiger partial charge in [-0.05, 0) is 12.1 Å². The first kappa shape index (κ1) is 28.1. The van der Waals surface area contributed by atoms with Gasteiger partial charge in [0.05, 0.1) is 6.54 Å². The van der Waals surface area contributed by atoms with E-state index in [0.29, 0.717) is 0 Å². The van der Waals surface area contributed by atoms with Crippen LogP contribution in [0, 0.1) is 0 Å². The van der Waals surface area contributed by atoms with Crippen molar-refractivity contribution in [2.75, 3.05) is 18.5 Å². The maximum atomic E-state index is 12.4. The molecule has 0 aliphatic carbocycles. The van der Waals surface area contributed by atoms with E-state index in [0.717, 1.165) is 38.4 Å². The molecular formula is C23H29N3O10. The molecule has 1 unspecified atom stereocenters. The number of nitrogens with zero attached hydrogens (tertiary/aromatic N) is 2. The van der Waals surface area contributed by atoms with E-state index in [1.54, 1.807) is 0 Å². The Morgan fingerprint density at radius 1 is 0.917 bits per heavy atom. The van der Waals surface area contributed by atoms with Gasteiger partial charge in [0.1, 0.15) is 6.61 Å². The highest BCUT2D eigenvalue weighted by Gasteiger charge is 2.49. The SMILES string of the molecule is CC(=O)OC[C@@H](OC(C)=O)[C@@H](OC(C)=O)[C@@H](OC(C)=O)C1OC(CNc2ccccc2)=NN1C(C)=O. The van der Waals surface area contributed by atoms with Gasteiger partial charge in [-0.15, -0.1) is 5.10 Å². The molecule has 1 aliphatic rings. The maximum absolute atomic E-state index is 12.4. The van der Waals surface area contributed by atoms with Crippen LogP contribution in [0.5, 0.6) is 0 Å². The highest BCUT2D eigenvalue weighted by atomic mass is 16.6. The van der Waals surface area contributed by atoms with E-state index in [-0.39, 0.29) is 12.4 Å². The Morgan fingerprint density at radius 3 is 2.06 bits per heavy atom. The van der Waals surface area contributed by atoms with Crippen molar-refractivity contribution in [3.8, 4) is 0 Å². The second kappa shape index (κ2) is 13.1. The molecule has 0 saturated carbocycles. The van der Waals surface area contributed by atoms with Crippen LogP contribution in [0.4, 0.5) is 5.69 Å². The number of benzene rings is 1. The van der Waals surface area contributed by atoms with E-state index in [4.69, 9.17) is 23.7 Å². The summed E-state index contributed by atoms with van der Waals surface area (Å²) in [5.41, 5.74) is 0.757. The second-order valence-corrected chi connectivity index (χ2v) is 7.68. The van der Waals surface area contributed by atoms with Gasteiger partial charge >= 0.3 is 23.9 Å². The van der Waals surface area contributed by atoms with E-state index in [1.165, 1.54) is 6.92 Å². The summed E-state index contributed by atoms with van der Waals surface area (Å²) < 4.78 is 26.8. The summed E-state index contributed by atoms with van der Waals surface area (Å²) in [4.78, 5) is 59.5. The third kappa shape index (κ3) is 8.56. The van der Waals surface area contributed by atoms with E-state index in [9.17, 15) is 24.0 Å². The van der Waals surface area contributed by atoms with Gasteiger partial charge in [-0.1, -0.05) is 18.2 Å². The predicted octanol–water partition coefficient (Wildman–Crippen LogP) is 0.975. The summed E-state index contributed by atoms with van der Waals surface area (Å²) in [5, 5.41) is 8.15. The van der Waals surface area contributed by atoms with E-state index < -0.39 is 60.9 Å². The highest BCUT2D eigenvalue weighted by molar-refractivity contribution is 5.85. The molecule has 1 aromatic rings. The number of carbonyl (C=O) groups excluding carboxylic acids is 5. The lowest BCUT2D eigenvalue weighted by Gasteiger charge is -2.35. The van der Waals surface area contributed by atoms with Crippen LogP contribution in [0.15, 0.2) is 35.4 Å². The van der Waals surface area contributed by atoms with Crippen LogP contribution in [0.3, 0.4) is 0 Å². The molecule has 36 heavy (non-hydrogen) atoms. The predicted molar refractivity (Wildman–Crippen MR) is 123 cm³/mol. The summed E-state index contributed by atoms with van der Waals surface area (Å²) >= 11 is 0. The van der Waals surface area contributed by atoms with Crippen LogP contribution in [0.1, 0.15) is 34.6 Å². The summed E-state index contributed by atoms with van der Waals surface area (Å²) in [5.74, 6) is -3.62. The standard InChI is InChI=1S/C23H29N3O10/c1-13(27)26-23(36-20(25-26)11-24-18-9-7-6-8-10-18)22(35-17(5)31)21(34-16(4)30)19(33-15(3)29)12-32-14(2)28/h6-10,19,21-24H,11-12H2,1-5H3/t19-,21-,22-,23?/m1/s1. The number of amides is 1. The molecule has 196 valence electrons. The third-order valence-electron chi connectivity index (χ3n) is 4.60. The van der Waals surface area contributed by atoms with Crippen LogP contribution < -0.4 is 5.32 Å². The quantitative estimate of drug-likeness (QED) is 0.336. The average Bonchev–Trinajstić information content (AvgIpc) is 3.22. The van der Waals surface area contributed by atoms with Crippen molar-refractivity contribution in [3.05, 3.63) is 30.3 Å². The topological polar surface area (TPSA) is 159 Å². The zero-order valence-electron chi connectivity index (χ0n) is 20.6. The lowest BCUT2D eigenvalue weighted by molar-refractivity contribution is -0.205. The van der Waals surface area contributed by atoms with Crippen molar-refractivity contribution in [2.45, 2.75) is 59.2 Å². The minimum absolute atomic E-state index is 0.0656. The number of hydrogen-bond donors (Lipinski definition) is 1. The molecule has 0 aromatic heterocycles. The maximum Gasteiger partial charge on any atom is 0.303 e. The first-order chi connectivity index (χ1) is 17.0. The third-order valence-corrected chi connectivity index (χ3v) is 4.60. The summed E-state index contributed by atoms with van der Waals surface area (Å²) in [7, 11) is 0. The van der Waals surface area contributed by atoms with Crippen LogP contribution in [-0.4, -0.2) is 78.4 Å². The van der Waals surface area contributed by atoms with Gasteiger partial charge in [0.15, 0.2) is 18.3 Å². The zero-order valence-corrected chi connectivity index (χ0v) is 20.6. The lowest BCUT2D eigenvalue weighted by Crippen LogP contribution is -2.56. The molecule has 0 radical (unpaired) electrons. The monoisotopic (exact) mass is 507 g/mol. The molecule has 0 spiro atoms. The molecule has 1 aromatic carbocycles. The number of esters is 4. The molecule has 13 heteroatoms. The average molecular weight is 507 g/mol. The molecule has 4 atom stereocenters. The Bertz CT molecular complexity index is 997. The normalized spacial score (nSPS) is 17.0. The Morgan fingerprint density at radius 2 is 1.53 bits per heavy atom. The number of anilines is 1. The molecule has 1 heterocycles. The van der Waals surface area contributed by atoms with E-state index in [2.05, 4.69) is 10.4 Å². The zero-order chi connectivity index (χ0) is 26.8. The van der Waals surface area contributed by atoms with Gasteiger partial charge < -0.3 is 29.0 Å². The first-order valence-corrected chi connectivity index (χ1v) is 11.0. The minimum Gasteiger partial charge on any atom is -0.462 e. The van der Waals surface area contributed by atoms with Crippen molar-refractivity contribution in [3.63, 3.8) is 0 Å². The van der Waals surface area contributed by atoms with Crippen molar-refractivity contribution in [1.29, 1.82) is 0 Å². The molecule has 1 aliphatic heterocycles. The summed E-state index contributed by atoms with van der Waals surface area (Å²) in [6.07, 6.45) is -5.84. The summed E-state index contributed by atoms with van der Waals surface area (Å²) in [6.45, 7) is 5.15. The van der Waals surface area contributed by atoms with Gasteiger partial charge in [-0.3, -0.25) is 24.0 Å². The molecule has 1 amide bonds. The highest BCUT2D eigenvalue weighted by Crippen LogP contribution is 2.26.